The molecule has 0 aliphatic carbocycles. The molecule has 0 bridgehead atoms. The molecular weight excluding hydrogens is 322 g/mol. The van der Waals surface area contributed by atoms with E-state index in [4.69, 9.17) is 10.5 Å². The van der Waals surface area contributed by atoms with Crippen molar-refractivity contribution >= 4 is 17.6 Å². The lowest BCUT2D eigenvalue weighted by atomic mass is 10.3. The average Bonchev–Trinajstić information content (AvgIpc) is 2.61. The molecule has 0 spiro atoms. The predicted octanol–water partition coefficient (Wildman–Crippen LogP) is 0.196. The molecule has 4 N–H and O–H groups in total. The van der Waals surface area contributed by atoms with E-state index in [9.17, 15) is 4.79 Å². The number of H-pyrrole nitrogens is 1. The molecule has 2 aromatic rings. The molecule has 2 aromatic heterocycles. The third-order valence-corrected chi connectivity index (χ3v) is 3.90. The van der Waals surface area contributed by atoms with Crippen LogP contribution in [0.5, 0.6) is 0 Å². The van der Waals surface area contributed by atoms with Gasteiger partial charge in [0.25, 0.3) is 5.56 Å². The SMILES string of the molecule is CCc1cc(NCCc2nc(N)cc(=O)[nH]2)nc(N2CCOCC2)n1. The topological polar surface area (TPSA) is 122 Å². The quantitative estimate of drug-likeness (QED) is 0.678. The van der Waals surface area contributed by atoms with Crippen LogP contribution in [0.15, 0.2) is 16.9 Å². The number of morpholine rings is 1. The van der Waals surface area contributed by atoms with Gasteiger partial charge in [0.2, 0.25) is 5.95 Å². The van der Waals surface area contributed by atoms with E-state index >= 15 is 0 Å². The van der Waals surface area contributed by atoms with Crippen LogP contribution in [-0.4, -0.2) is 52.8 Å². The number of ether oxygens (including phenoxy) is 1. The van der Waals surface area contributed by atoms with Crippen LogP contribution in [0.1, 0.15) is 18.4 Å². The van der Waals surface area contributed by atoms with Crippen LogP contribution in [0.3, 0.4) is 0 Å². The minimum Gasteiger partial charge on any atom is -0.383 e. The summed E-state index contributed by atoms with van der Waals surface area (Å²) in [5, 5.41) is 3.27. The molecule has 9 heteroatoms. The average molecular weight is 345 g/mol. The summed E-state index contributed by atoms with van der Waals surface area (Å²) in [6.45, 7) is 5.61. The zero-order chi connectivity index (χ0) is 17.6. The fourth-order valence-corrected chi connectivity index (χ4v) is 2.62. The maximum Gasteiger partial charge on any atom is 0.252 e. The number of hydrogen-bond acceptors (Lipinski definition) is 8. The summed E-state index contributed by atoms with van der Waals surface area (Å²) >= 11 is 0. The van der Waals surface area contributed by atoms with Gasteiger partial charge >= 0.3 is 0 Å². The number of aromatic nitrogens is 4. The highest BCUT2D eigenvalue weighted by Gasteiger charge is 2.15. The molecule has 0 atom stereocenters. The van der Waals surface area contributed by atoms with Crippen LogP contribution in [0.25, 0.3) is 0 Å². The second-order valence-electron chi connectivity index (χ2n) is 5.79. The van der Waals surface area contributed by atoms with E-state index in [0.29, 0.717) is 32.0 Å². The molecule has 1 fully saturated rings. The number of aromatic amines is 1. The Bertz CT molecular complexity index is 771. The van der Waals surface area contributed by atoms with Crippen molar-refractivity contribution in [3.8, 4) is 0 Å². The first kappa shape index (κ1) is 17.2. The molecule has 1 aliphatic rings. The van der Waals surface area contributed by atoms with Gasteiger partial charge in [-0.05, 0) is 6.42 Å². The summed E-state index contributed by atoms with van der Waals surface area (Å²) in [5.41, 5.74) is 6.33. The fourth-order valence-electron chi connectivity index (χ4n) is 2.62. The van der Waals surface area contributed by atoms with Gasteiger partial charge in [0.1, 0.15) is 17.5 Å². The predicted molar refractivity (Wildman–Crippen MR) is 95.9 cm³/mol. The summed E-state index contributed by atoms with van der Waals surface area (Å²) in [7, 11) is 0. The minimum atomic E-state index is -0.243. The largest absolute Gasteiger partial charge is 0.383 e. The van der Waals surface area contributed by atoms with E-state index in [1.54, 1.807) is 0 Å². The second-order valence-corrected chi connectivity index (χ2v) is 5.79. The highest BCUT2D eigenvalue weighted by atomic mass is 16.5. The van der Waals surface area contributed by atoms with Crippen molar-refractivity contribution in [2.45, 2.75) is 19.8 Å². The zero-order valence-electron chi connectivity index (χ0n) is 14.3. The van der Waals surface area contributed by atoms with Crippen LogP contribution < -0.4 is 21.5 Å². The lowest BCUT2D eigenvalue weighted by molar-refractivity contribution is 0.122. The first-order valence-electron chi connectivity index (χ1n) is 8.44. The highest BCUT2D eigenvalue weighted by Crippen LogP contribution is 2.16. The second kappa shape index (κ2) is 7.93. The first-order valence-corrected chi connectivity index (χ1v) is 8.44. The van der Waals surface area contributed by atoms with E-state index in [1.807, 2.05) is 6.07 Å². The maximum atomic E-state index is 11.4. The maximum absolute atomic E-state index is 11.4. The summed E-state index contributed by atoms with van der Waals surface area (Å²) in [5.74, 6) is 2.26. The molecule has 1 saturated heterocycles. The molecular formula is C16H23N7O2. The van der Waals surface area contributed by atoms with Gasteiger partial charge in [-0.15, -0.1) is 0 Å². The molecule has 0 aromatic carbocycles. The standard InChI is InChI=1S/C16H23N7O2/c1-2-11-9-14(22-16(19-11)23-5-7-25-8-6-23)18-4-3-13-20-12(17)10-15(24)21-13/h9-10H,2-8H2,1H3,(H,18,19,22)(H3,17,20,21,24). The molecule has 0 radical (unpaired) electrons. The van der Waals surface area contributed by atoms with Gasteiger partial charge in [0.15, 0.2) is 0 Å². The Labute approximate surface area is 145 Å². The molecule has 9 nitrogen and oxygen atoms in total. The molecule has 0 unspecified atom stereocenters. The van der Waals surface area contributed by atoms with Crippen molar-refractivity contribution in [1.82, 2.24) is 19.9 Å². The Hall–Kier alpha value is -2.68. The van der Waals surface area contributed by atoms with E-state index in [2.05, 4.69) is 37.1 Å². The van der Waals surface area contributed by atoms with E-state index in [-0.39, 0.29) is 11.4 Å². The van der Waals surface area contributed by atoms with Crippen LogP contribution >= 0.6 is 0 Å². The number of nitrogen functional groups attached to an aromatic ring is 1. The van der Waals surface area contributed by atoms with E-state index in [1.165, 1.54) is 6.07 Å². The third-order valence-electron chi connectivity index (χ3n) is 3.90. The number of nitrogens with two attached hydrogens (primary N) is 1. The number of hydrogen-bond donors (Lipinski definition) is 3. The lowest BCUT2D eigenvalue weighted by Crippen LogP contribution is -2.37. The van der Waals surface area contributed by atoms with E-state index < -0.39 is 0 Å². The van der Waals surface area contributed by atoms with Gasteiger partial charge in [-0.25, -0.2) is 9.97 Å². The normalized spacial score (nSPS) is 14.5. The van der Waals surface area contributed by atoms with Gasteiger partial charge < -0.3 is 25.7 Å². The molecule has 1 aliphatic heterocycles. The summed E-state index contributed by atoms with van der Waals surface area (Å²) < 4.78 is 5.38. The van der Waals surface area contributed by atoms with Gasteiger partial charge in [0.05, 0.1) is 13.2 Å². The molecule has 134 valence electrons. The zero-order valence-corrected chi connectivity index (χ0v) is 14.3. The Morgan fingerprint density at radius 3 is 2.80 bits per heavy atom. The van der Waals surface area contributed by atoms with Crippen molar-refractivity contribution in [1.29, 1.82) is 0 Å². The van der Waals surface area contributed by atoms with Crippen LogP contribution in [0.2, 0.25) is 0 Å². The molecule has 0 amide bonds. The number of aryl methyl sites for hydroxylation is 1. The smallest absolute Gasteiger partial charge is 0.252 e. The highest BCUT2D eigenvalue weighted by molar-refractivity contribution is 5.44. The van der Waals surface area contributed by atoms with Gasteiger partial charge in [-0.1, -0.05) is 6.92 Å². The third kappa shape index (κ3) is 4.66. The summed E-state index contributed by atoms with van der Waals surface area (Å²) in [6.07, 6.45) is 1.37. The number of nitrogens with zero attached hydrogens (tertiary/aromatic N) is 4. The van der Waals surface area contributed by atoms with Crippen LogP contribution in [0.4, 0.5) is 17.6 Å². The Morgan fingerprint density at radius 2 is 2.08 bits per heavy atom. The Kier molecular flexibility index (Phi) is 5.44. The van der Waals surface area contributed by atoms with Crippen molar-refractivity contribution in [2.24, 2.45) is 0 Å². The minimum absolute atomic E-state index is 0.226. The van der Waals surface area contributed by atoms with Crippen molar-refractivity contribution < 1.29 is 4.74 Å². The van der Waals surface area contributed by atoms with E-state index in [0.717, 1.165) is 37.0 Å². The Balaban J connectivity index is 1.67. The van der Waals surface area contributed by atoms with Crippen molar-refractivity contribution in [3.05, 3.63) is 34.0 Å². The molecule has 3 heterocycles. The number of anilines is 3. The van der Waals surface area contributed by atoms with Gasteiger partial charge in [-0.3, -0.25) is 4.79 Å². The molecule has 3 rings (SSSR count). The molecule has 25 heavy (non-hydrogen) atoms. The van der Waals surface area contributed by atoms with Gasteiger partial charge in [0, 0.05) is 43.9 Å². The van der Waals surface area contributed by atoms with Crippen LogP contribution in [-0.2, 0) is 17.6 Å². The van der Waals surface area contributed by atoms with Crippen molar-refractivity contribution in [3.63, 3.8) is 0 Å². The fraction of sp³-hybridized carbons (Fsp3) is 0.500. The van der Waals surface area contributed by atoms with Gasteiger partial charge in [-0.2, -0.15) is 4.98 Å². The Morgan fingerprint density at radius 1 is 1.28 bits per heavy atom. The van der Waals surface area contributed by atoms with Crippen molar-refractivity contribution in [2.75, 3.05) is 48.8 Å². The molecule has 0 saturated carbocycles. The number of rotatable bonds is 6. The first-order chi connectivity index (χ1) is 12.1. The number of nitrogens with one attached hydrogen (secondary N) is 2. The monoisotopic (exact) mass is 345 g/mol. The summed E-state index contributed by atoms with van der Waals surface area (Å²) in [4.78, 5) is 29.6. The summed E-state index contributed by atoms with van der Waals surface area (Å²) in [6, 6.07) is 3.21. The van der Waals surface area contributed by atoms with Crippen LogP contribution in [0, 0.1) is 0 Å². The lowest BCUT2D eigenvalue weighted by Gasteiger charge is -2.27.